The molecule has 0 aliphatic carbocycles. The maximum Gasteiger partial charge on any atom is 0.333 e. The van der Waals surface area contributed by atoms with Gasteiger partial charge in [-0.05, 0) is 19.8 Å². The number of imide groups is 1. The molecule has 4 saturated heterocycles. The Kier molecular flexibility index (Phi) is 16.2. The summed E-state index contributed by atoms with van der Waals surface area (Å²) < 4.78 is 28.1. The lowest BCUT2D eigenvalue weighted by Gasteiger charge is -2.45. The maximum absolute atomic E-state index is 12.8. The van der Waals surface area contributed by atoms with Crippen molar-refractivity contribution in [3.8, 4) is 0 Å². The van der Waals surface area contributed by atoms with E-state index in [9.17, 15) is 54.3 Å². The van der Waals surface area contributed by atoms with Gasteiger partial charge in [0.15, 0.2) is 18.9 Å². The number of aliphatic hydroxyl groups excluding tert-OH is 5. The van der Waals surface area contributed by atoms with Crippen LogP contribution < -0.4 is 16.0 Å². The molecule has 8 N–H and O–H groups in total. The normalized spacial score (nSPS) is 34.2. The summed E-state index contributed by atoms with van der Waals surface area (Å²) in [6, 6.07) is 0. The topological polar surface area (TPSA) is 302 Å². The largest absolute Gasteiger partial charge is 0.388 e. The van der Waals surface area contributed by atoms with E-state index in [-0.39, 0.29) is 71.7 Å². The molecule has 22 heteroatoms. The average molecular weight is 764 g/mol. The van der Waals surface area contributed by atoms with Gasteiger partial charge in [0, 0.05) is 38.9 Å². The van der Waals surface area contributed by atoms with Gasteiger partial charge in [-0.1, -0.05) is 6.42 Å². The van der Waals surface area contributed by atoms with Crippen LogP contribution in [0.5, 0.6) is 0 Å². The molecule has 0 aromatic heterocycles. The van der Waals surface area contributed by atoms with Gasteiger partial charge in [-0.15, -0.1) is 5.06 Å². The van der Waals surface area contributed by atoms with E-state index in [0.717, 1.165) is 0 Å². The maximum atomic E-state index is 12.8. The smallest absolute Gasteiger partial charge is 0.333 e. The second-order valence-electron chi connectivity index (χ2n) is 12.9. The SMILES string of the molecule is C[C@@H]1O[C@@H]2OCCNC(=O)CN(CC(=O)NCCCCCC(=O)ON3C(=O)CCC3=O)CC(=O)NCCO[C@H]3O[C@@H](O[C@H]2[C@H](O)[C@@H]1O)[C@@H](O)[C@@H](O)[C@@H]3O. The average Bonchev–Trinajstić information content (AvgIpc) is 3.42. The minimum absolute atomic E-state index is 0.00401. The quantitative estimate of drug-likeness (QED) is 0.0802. The van der Waals surface area contributed by atoms with Crippen molar-refractivity contribution in [1.82, 2.24) is 25.9 Å². The summed E-state index contributed by atoms with van der Waals surface area (Å²) in [7, 11) is 0. The Bertz CT molecular complexity index is 1280. The summed E-state index contributed by atoms with van der Waals surface area (Å²) in [5.74, 6) is -3.49. The number of amides is 5. The van der Waals surface area contributed by atoms with Gasteiger partial charge in [-0.2, -0.15) is 0 Å². The molecule has 4 rings (SSSR count). The molecule has 53 heavy (non-hydrogen) atoms. The van der Waals surface area contributed by atoms with Gasteiger partial charge in [0.2, 0.25) is 17.7 Å². The number of carbonyl (C=O) groups is 6. The number of aliphatic hydroxyl groups is 5. The number of carbonyl (C=O) groups excluding carboxylic acids is 6. The van der Waals surface area contributed by atoms with Gasteiger partial charge < -0.3 is 70.0 Å². The third kappa shape index (κ3) is 12.3. The summed E-state index contributed by atoms with van der Waals surface area (Å²) >= 11 is 0. The minimum Gasteiger partial charge on any atom is -0.388 e. The highest BCUT2D eigenvalue weighted by Gasteiger charge is 2.50. The van der Waals surface area contributed by atoms with Crippen molar-refractivity contribution >= 4 is 35.5 Å². The van der Waals surface area contributed by atoms with Gasteiger partial charge in [-0.25, -0.2) is 4.79 Å². The number of ether oxygens (including phenoxy) is 5. The van der Waals surface area contributed by atoms with E-state index in [1.165, 1.54) is 11.8 Å². The van der Waals surface area contributed by atoms with E-state index < -0.39 is 97.1 Å². The molecular weight excluding hydrogens is 714 g/mol. The molecule has 0 aromatic carbocycles. The highest BCUT2D eigenvalue weighted by molar-refractivity contribution is 6.01. The standard InChI is InChI=1S/C31H49N5O17/c1-16-23(43)25(45)28-31(50-16)49-12-10-34-19(39)15-35(14-18(38)33-9-11-48-29-26(46)24(44)27(47)30(51-28)52-29)13-17(37)32-8-4-2-3-5-22(42)53-36-20(40)6-7-21(36)41/h16,23-31,43-47H,2-15H2,1H3,(H,32,37)(H,33,38)(H,34,39)/t16-,23+,24-,25+,26-,27-,28-,29-,30+,31-/m0/s1. The van der Waals surface area contributed by atoms with Gasteiger partial charge in [0.05, 0.1) is 39.0 Å². The van der Waals surface area contributed by atoms with Crippen LogP contribution in [-0.4, -0.2) is 185 Å². The molecule has 4 heterocycles. The van der Waals surface area contributed by atoms with Crippen molar-refractivity contribution in [2.24, 2.45) is 0 Å². The van der Waals surface area contributed by atoms with Crippen molar-refractivity contribution in [3.05, 3.63) is 0 Å². The Morgan fingerprint density at radius 3 is 2.00 bits per heavy atom. The zero-order chi connectivity index (χ0) is 38.7. The molecule has 5 amide bonds. The predicted octanol–water partition coefficient (Wildman–Crippen LogP) is -5.53. The molecule has 2 bridgehead atoms. The van der Waals surface area contributed by atoms with Gasteiger partial charge in [-0.3, -0.25) is 28.9 Å². The van der Waals surface area contributed by atoms with Crippen molar-refractivity contribution in [2.45, 2.75) is 107 Å². The fraction of sp³-hybridized carbons (Fsp3) is 0.806. The van der Waals surface area contributed by atoms with E-state index in [1.807, 2.05) is 0 Å². The predicted molar refractivity (Wildman–Crippen MR) is 171 cm³/mol. The van der Waals surface area contributed by atoms with Crippen LogP contribution in [0.2, 0.25) is 0 Å². The van der Waals surface area contributed by atoms with Crippen molar-refractivity contribution in [2.75, 3.05) is 52.5 Å². The minimum atomic E-state index is -1.82. The first kappa shape index (κ1) is 42.3. The van der Waals surface area contributed by atoms with Gasteiger partial charge >= 0.3 is 5.97 Å². The van der Waals surface area contributed by atoms with E-state index in [4.69, 9.17) is 28.5 Å². The molecule has 22 nitrogen and oxygen atoms in total. The van der Waals surface area contributed by atoms with Crippen molar-refractivity contribution in [1.29, 1.82) is 0 Å². The number of nitrogens with one attached hydrogen (secondary N) is 3. The molecule has 0 unspecified atom stereocenters. The number of hydrogen-bond acceptors (Lipinski definition) is 18. The highest BCUT2D eigenvalue weighted by Crippen LogP contribution is 2.30. The second kappa shape index (κ2) is 20.3. The first-order valence-electron chi connectivity index (χ1n) is 17.4. The Morgan fingerprint density at radius 2 is 1.36 bits per heavy atom. The van der Waals surface area contributed by atoms with Crippen molar-refractivity contribution in [3.63, 3.8) is 0 Å². The molecule has 0 saturated carbocycles. The van der Waals surface area contributed by atoms with E-state index >= 15 is 0 Å². The first-order valence-corrected chi connectivity index (χ1v) is 17.4. The summed E-state index contributed by atoms with van der Waals surface area (Å²) in [4.78, 5) is 79.5. The lowest BCUT2D eigenvalue weighted by atomic mass is 9.99. The van der Waals surface area contributed by atoms with Gasteiger partial charge in [0.25, 0.3) is 11.8 Å². The number of nitrogens with zero attached hydrogens (tertiary/aromatic N) is 2. The zero-order valence-electron chi connectivity index (χ0n) is 29.2. The Balaban J connectivity index is 1.29. The molecular formula is C31H49N5O17. The molecule has 4 aliphatic rings. The van der Waals surface area contributed by atoms with Crippen LogP contribution in [0.15, 0.2) is 0 Å². The molecule has 0 radical (unpaired) electrons. The van der Waals surface area contributed by atoms with Gasteiger partial charge in [0.1, 0.15) is 36.6 Å². The monoisotopic (exact) mass is 763 g/mol. The molecule has 4 aliphatic heterocycles. The fourth-order valence-corrected chi connectivity index (χ4v) is 5.78. The zero-order valence-corrected chi connectivity index (χ0v) is 29.2. The Hall–Kier alpha value is -3.42. The fourth-order valence-electron chi connectivity index (χ4n) is 5.78. The number of hydrogen-bond donors (Lipinski definition) is 8. The van der Waals surface area contributed by atoms with Crippen LogP contribution in [0.25, 0.3) is 0 Å². The molecule has 0 spiro atoms. The van der Waals surface area contributed by atoms with Crippen LogP contribution in [0, 0.1) is 0 Å². The summed E-state index contributed by atoms with van der Waals surface area (Å²) in [5.41, 5.74) is 0. The summed E-state index contributed by atoms with van der Waals surface area (Å²) in [5, 5.41) is 60.9. The third-order valence-electron chi connectivity index (χ3n) is 8.69. The van der Waals surface area contributed by atoms with Crippen LogP contribution in [0.4, 0.5) is 0 Å². The van der Waals surface area contributed by atoms with Crippen LogP contribution in [0.1, 0.15) is 45.4 Å². The lowest BCUT2D eigenvalue weighted by Crippen LogP contribution is -2.64. The number of hydroxylamine groups is 2. The Morgan fingerprint density at radius 1 is 0.755 bits per heavy atom. The van der Waals surface area contributed by atoms with Crippen LogP contribution in [-0.2, 0) is 57.3 Å². The molecule has 300 valence electrons. The Labute approximate surface area is 303 Å². The van der Waals surface area contributed by atoms with Crippen LogP contribution >= 0.6 is 0 Å². The second-order valence-corrected chi connectivity index (χ2v) is 12.9. The lowest BCUT2D eigenvalue weighted by molar-refractivity contribution is -0.387. The van der Waals surface area contributed by atoms with Crippen LogP contribution in [0.3, 0.4) is 0 Å². The number of unbranched alkanes of at least 4 members (excludes halogenated alkanes) is 2. The number of fused-ring (bicyclic) bond motifs is 3. The summed E-state index contributed by atoms with van der Waals surface area (Å²) in [6.07, 6.45) is -14.1. The summed E-state index contributed by atoms with van der Waals surface area (Å²) in [6.45, 7) is -0.0544. The van der Waals surface area contributed by atoms with Crippen molar-refractivity contribution < 1.29 is 82.8 Å². The first-order chi connectivity index (χ1) is 25.2. The highest BCUT2D eigenvalue weighted by atomic mass is 16.8. The molecule has 4 fully saturated rings. The molecule has 10 atom stereocenters. The van der Waals surface area contributed by atoms with E-state index in [0.29, 0.717) is 24.3 Å². The molecule has 0 aromatic rings. The van der Waals surface area contributed by atoms with E-state index in [2.05, 4.69) is 16.0 Å². The third-order valence-corrected chi connectivity index (χ3v) is 8.69. The van der Waals surface area contributed by atoms with E-state index in [1.54, 1.807) is 0 Å². The number of rotatable bonds is 9.